The minimum Gasteiger partial charge on any atom is -0.344 e. The summed E-state index contributed by atoms with van der Waals surface area (Å²) in [7, 11) is 1.54. The number of benzene rings is 1. The third-order valence-corrected chi connectivity index (χ3v) is 4.09. The van der Waals surface area contributed by atoms with Crippen molar-refractivity contribution in [1.29, 1.82) is 10.5 Å². The molecular weight excluding hydrogens is 327 g/mol. The number of nitriles is 2. The maximum absolute atomic E-state index is 12.9. The SMILES string of the molecule is C[C@@H](Sc1ccc(C#N)c(C(F)(F)F)c1)C(=O)N(C)CCC#N. The van der Waals surface area contributed by atoms with E-state index >= 15 is 0 Å². The maximum atomic E-state index is 12.9. The number of carbonyl (C=O) groups is 1. The van der Waals surface area contributed by atoms with Crippen molar-refractivity contribution in [3.8, 4) is 12.1 Å². The van der Waals surface area contributed by atoms with Gasteiger partial charge < -0.3 is 4.90 Å². The van der Waals surface area contributed by atoms with Crippen molar-refractivity contribution in [1.82, 2.24) is 4.90 Å². The Morgan fingerprint density at radius 1 is 1.39 bits per heavy atom. The second kappa shape index (κ2) is 7.89. The lowest BCUT2D eigenvalue weighted by Gasteiger charge is -2.20. The fraction of sp³-hybridized carbons (Fsp3) is 0.400. The third-order valence-electron chi connectivity index (χ3n) is 3.01. The van der Waals surface area contributed by atoms with E-state index in [0.29, 0.717) is 0 Å². The normalized spacial score (nSPS) is 12.1. The van der Waals surface area contributed by atoms with Gasteiger partial charge in [0.25, 0.3) is 0 Å². The van der Waals surface area contributed by atoms with Crippen molar-refractivity contribution in [2.45, 2.75) is 29.7 Å². The molecule has 0 aliphatic carbocycles. The Morgan fingerprint density at radius 3 is 2.57 bits per heavy atom. The van der Waals surface area contributed by atoms with Gasteiger partial charge in [0.2, 0.25) is 5.91 Å². The lowest BCUT2D eigenvalue weighted by atomic mass is 10.1. The van der Waals surface area contributed by atoms with Gasteiger partial charge >= 0.3 is 6.18 Å². The fourth-order valence-corrected chi connectivity index (χ4v) is 2.84. The molecule has 0 heterocycles. The number of carbonyl (C=O) groups excluding carboxylic acids is 1. The summed E-state index contributed by atoms with van der Waals surface area (Å²) in [4.78, 5) is 13.7. The lowest BCUT2D eigenvalue weighted by molar-refractivity contribution is -0.138. The molecule has 4 nitrogen and oxygen atoms in total. The van der Waals surface area contributed by atoms with Crippen molar-refractivity contribution in [3.63, 3.8) is 0 Å². The predicted molar refractivity (Wildman–Crippen MR) is 79.3 cm³/mol. The third kappa shape index (κ3) is 5.19. The van der Waals surface area contributed by atoms with Gasteiger partial charge in [-0.05, 0) is 25.1 Å². The molecule has 8 heteroatoms. The fourth-order valence-electron chi connectivity index (χ4n) is 1.82. The van der Waals surface area contributed by atoms with Crippen LogP contribution in [-0.2, 0) is 11.0 Å². The Morgan fingerprint density at radius 2 is 2.04 bits per heavy atom. The van der Waals surface area contributed by atoms with Gasteiger partial charge in [-0.3, -0.25) is 4.79 Å². The van der Waals surface area contributed by atoms with Gasteiger partial charge in [-0.25, -0.2) is 0 Å². The molecule has 0 saturated carbocycles. The molecule has 0 saturated heterocycles. The molecule has 23 heavy (non-hydrogen) atoms. The van der Waals surface area contributed by atoms with Gasteiger partial charge in [0.05, 0.1) is 34.9 Å². The molecule has 1 amide bonds. The number of alkyl halides is 3. The Labute approximate surface area is 136 Å². The van der Waals surface area contributed by atoms with Gasteiger partial charge in [-0.2, -0.15) is 23.7 Å². The minimum absolute atomic E-state index is 0.189. The van der Waals surface area contributed by atoms with Gasteiger partial charge in [-0.1, -0.05) is 0 Å². The second-order valence-electron chi connectivity index (χ2n) is 4.74. The van der Waals surface area contributed by atoms with Crippen molar-refractivity contribution in [2.75, 3.05) is 13.6 Å². The molecule has 122 valence electrons. The summed E-state index contributed by atoms with van der Waals surface area (Å²) in [5.74, 6) is -0.275. The van der Waals surface area contributed by atoms with Crippen LogP contribution in [0.3, 0.4) is 0 Å². The topological polar surface area (TPSA) is 67.9 Å². The predicted octanol–water partition coefficient (Wildman–Crippen LogP) is 3.43. The van der Waals surface area contributed by atoms with Gasteiger partial charge in [0, 0.05) is 18.5 Å². The van der Waals surface area contributed by atoms with Crippen molar-refractivity contribution in [3.05, 3.63) is 29.3 Å². The summed E-state index contributed by atoms with van der Waals surface area (Å²) in [5, 5.41) is 16.7. The Bertz CT molecular complexity index is 661. The summed E-state index contributed by atoms with van der Waals surface area (Å²) >= 11 is 0.979. The molecule has 0 unspecified atom stereocenters. The number of halogens is 3. The monoisotopic (exact) mass is 341 g/mol. The standard InChI is InChI=1S/C15H14F3N3OS/c1-10(14(22)21(2)7-3-6-19)23-12-5-4-11(9-20)13(8-12)15(16,17)18/h4-5,8,10H,3,7H2,1-2H3/t10-/m1/s1. The highest BCUT2D eigenvalue weighted by Gasteiger charge is 2.34. The van der Waals surface area contributed by atoms with E-state index in [4.69, 9.17) is 10.5 Å². The first-order valence-electron chi connectivity index (χ1n) is 6.60. The van der Waals surface area contributed by atoms with E-state index in [1.165, 1.54) is 24.1 Å². The summed E-state index contributed by atoms with van der Waals surface area (Å²) in [6.45, 7) is 1.85. The molecular formula is C15H14F3N3OS. The number of nitrogens with zero attached hydrogens (tertiary/aromatic N) is 3. The Hall–Kier alpha value is -2.19. The molecule has 0 aromatic heterocycles. The Kier molecular flexibility index (Phi) is 6.47. The van der Waals surface area contributed by atoms with Crippen LogP contribution < -0.4 is 0 Å². The molecule has 0 bridgehead atoms. The molecule has 0 N–H and O–H groups in total. The first kappa shape index (κ1) is 18.9. The van der Waals surface area contributed by atoms with Gasteiger partial charge in [0.15, 0.2) is 0 Å². The molecule has 1 rings (SSSR count). The van der Waals surface area contributed by atoms with Crippen LogP contribution >= 0.6 is 11.8 Å². The minimum atomic E-state index is -4.63. The van der Waals surface area contributed by atoms with Crippen LogP contribution in [0.1, 0.15) is 24.5 Å². The molecule has 1 aromatic carbocycles. The van der Waals surface area contributed by atoms with Crippen LogP contribution in [0.4, 0.5) is 13.2 Å². The zero-order chi connectivity index (χ0) is 17.6. The van der Waals surface area contributed by atoms with Crippen molar-refractivity contribution < 1.29 is 18.0 Å². The van der Waals surface area contributed by atoms with Gasteiger partial charge in [-0.15, -0.1) is 11.8 Å². The van der Waals surface area contributed by atoms with Crippen LogP contribution in [-0.4, -0.2) is 29.6 Å². The summed E-state index contributed by atoms with van der Waals surface area (Å²) < 4.78 is 38.7. The number of hydrogen-bond acceptors (Lipinski definition) is 4. The molecule has 0 radical (unpaired) electrons. The van der Waals surface area contributed by atoms with Crippen LogP contribution in [0.5, 0.6) is 0 Å². The zero-order valence-electron chi connectivity index (χ0n) is 12.5. The van der Waals surface area contributed by atoms with E-state index in [1.807, 2.05) is 6.07 Å². The maximum Gasteiger partial charge on any atom is 0.417 e. The highest BCUT2D eigenvalue weighted by atomic mass is 32.2. The van der Waals surface area contributed by atoms with Crippen LogP contribution in [0.2, 0.25) is 0 Å². The molecule has 1 aromatic rings. The zero-order valence-corrected chi connectivity index (χ0v) is 13.3. The molecule has 0 aliphatic rings. The van der Waals surface area contributed by atoms with E-state index in [9.17, 15) is 18.0 Å². The number of rotatable bonds is 5. The largest absolute Gasteiger partial charge is 0.417 e. The van der Waals surface area contributed by atoms with Crippen molar-refractivity contribution in [2.24, 2.45) is 0 Å². The average Bonchev–Trinajstić information content (AvgIpc) is 2.50. The number of amides is 1. The van der Waals surface area contributed by atoms with E-state index in [0.717, 1.165) is 23.9 Å². The van der Waals surface area contributed by atoms with Gasteiger partial charge in [0.1, 0.15) is 0 Å². The van der Waals surface area contributed by atoms with E-state index < -0.39 is 22.6 Å². The summed E-state index contributed by atoms with van der Waals surface area (Å²) in [6, 6.07) is 6.80. The smallest absolute Gasteiger partial charge is 0.344 e. The molecule has 0 spiro atoms. The van der Waals surface area contributed by atoms with Crippen LogP contribution in [0.25, 0.3) is 0 Å². The summed E-state index contributed by atoms with van der Waals surface area (Å²) in [5.41, 5.74) is -1.46. The van der Waals surface area contributed by atoms with E-state index in [2.05, 4.69) is 0 Å². The first-order valence-corrected chi connectivity index (χ1v) is 7.48. The molecule has 0 fully saturated rings. The Balaban J connectivity index is 2.91. The van der Waals surface area contributed by atoms with E-state index in [1.54, 1.807) is 6.92 Å². The number of hydrogen-bond donors (Lipinski definition) is 0. The summed E-state index contributed by atoms with van der Waals surface area (Å²) in [6.07, 6.45) is -4.44. The van der Waals surface area contributed by atoms with Crippen LogP contribution in [0.15, 0.2) is 23.1 Å². The highest BCUT2D eigenvalue weighted by Crippen LogP contribution is 2.35. The van der Waals surface area contributed by atoms with Crippen molar-refractivity contribution >= 4 is 17.7 Å². The quantitative estimate of drug-likeness (QED) is 0.770. The highest BCUT2D eigenvalue weighted by molar-refractivity contribution is 8.00. The van der Waals surface area contributed by atoms with E-state index in [-0.39, 0.29) is 23.8 Å². The molecule has 1 atom stereocenters. The lowest BCUT2D eigenvalue weighted by Crippen LogP contribution is -2.33. The first-order chi connectivity index (χ1) is 10.7. The molecule has 0 aliphatic heterocycles. The second-order valence-corrected chi connectivity index (χ2v) is 6.16. The number of thioether (sulfide) groups is 1. The van der Waals surface area contributed by atoms with Crippen LogP contribution in [0, 0.1) is 22.7 Å². The average molecular weight is 341 g/mol.